The van der Waals surface area contributed by atoms with Gasteiger partial charge in [0, 0.05) is 6.08 Å². The number of ether oxygens (including phenoxy) is 1. The smallest absolute Gasteiger partial charge is 0.258 e. The van der Waals surface area contributed by atoms with E-state index in [1.165, 1.54) is 5.56 Å². The van der Waals surface area contributed by atoms with Crippen LogP contribution in [0.4, 0.5) is 0 Å². The molecule has 0 radical (unpaired) electrons. The molecule has 1 aromatic carbocycles. The molecule has 0 aromatic heterocycles. The second kappa shape index (κ2) is 2.79. The first kappa shape index (κ1) is 6.47. The molecule has 56 valence electrons. The molecule has 1 heteroatoms. The molecule has 1 aliphatic heterocycles. The molecule has 1 aliphatic rings. The summed E-state index contributed by atoms with van der Waals surface area (Å²) in [5, 5.41) is 0. The van der Waals surface area contributed by atoms with E-state index in [0.717, 1.165) is 18.8 Å². The van der Waals surface area contributed by atoms with Crippen LogP contribution in [0.25, 0.3) is 5.76 Å². The van der Waals surface area contributed by atoms with Crippen LogP contribution in [0, 0.1) is 0 Å². The fourth-order valence-corrected chi connectivity index (χ4v) is 1.27. The summed E-state index contributed by atoms with van der Waals surface area (Å²) in [6, 6.07) is 10.3. The Balaban J connectivity index is 2.29. The third-order valence-electron chi connectivity index (χ3n) is 1.82. The lowest BCUT2D eigenvalue weighted by molar-refractivity contribution is 0.114. The van der Waals surface area contributed by atoms with Gasteiger partial charge < -0.3 is 4.74 Å². The van der Waals surface area contributed by atoms with Crippen LogP contribution >= 0.6 is 0 Å². The van der Waals surface area contributed by atoms with Gasteiger partial charge >= 0.3 is 0 Å². The van der Waals surface area contributed by atoms with Gasteiger partial charge in [0.25, 0.3) is 5.76 Å². The Labute approximate surface area is 66.3 Å². The lowest BCUT2D eigenvalue weighted by Gasteiger charge is -1.98. The van der Waals surface area contributed by atoms with Gasteiger partial charge in [-0.1, -0.05) is 18.2 Å². The summed E-state index contributed by atoms with van der Waals surface area (Å²) in [5.41, 5.74) is 1.24. The standard InChI is InChI=1S/C10H10O/c1-2-5-9(6-3-1)10-7-4-8-11-10/h1-3,5-7H,4,8H2/p+1. The Morgan fingerprint density at radius 2 is 1.91 bits per heavy atom. The number of aliphatic hydroxyl groups is 2. The molecule has 2 rings (SSSR count). The van der Waals surface area contributed by atoms with Gasteiger partial charge in [0.05, 0.1) is 12.0 Å². The molecule has 0 unspecified atom stereocenters. The van der Waals surface area contributed by atoms with E-state index in [-0.39, 0.29) is 0 Å². The van der Waals surface area contributed by atoms with Crippen molar-refractivity contribution in [3.63, 3.8) is 0 Å². The van der Waals surface area contributed by atoms with E-state index >= 15 is 0 Å². The van der Waals surface area contributed by atoms with Crippen LogP contribution in [0.3, 0.4) is 0 Å². The van der Waals surface area contributed by atoms with Crippen molar-refractivity contribution < 1.29 is 4.74 Å². The first-order valence-electron chi connectivity index (χ1n) is 3.90. The molecule has 0 fully saturated rings. The number of rotatable bonds is 1. The van der Waals surface area contributed by atoms with E-state index in [9.17, 15) is 0 Å². The van der Waals surface area contributed by atoms with Crippen molar-refractivity contribution >= 4 is 5.76 Å². The van der Waals surface area contributed by atoms with Crippen LogP contribution in [-0.4, -0.2) is 11.3 Å². The maximum atomic E-state index is 4.37. The van der Waals surface area contributed by atoms with Crippen molar-refractivity contribution in [2.45, 2.75) is 6.42 Å². The average Bonchev–Trinajstić information content (AvgIpc) is 2.58. The molecule has 1 heterocycles. The Morgan fingerprint density at radius 3 is 2.55 bits per heavy atom. The second-order valence-electron chi connectivity index (χ2n) is 2.63. The minimum Gasteiger partial charge on any atom is -0.582 e. The van der Waals surface area contributed by atoms with Crippen molar-refractivity contribution in [2.75, 3.05) is 6.61 Å². The number of benzene rings is 1. The third kappa shape index (κ3) is 1.27. The van der Waals surface area contributed by atoms with Crippen LogP contribution in [0.2, 0.25) is 0 Å². The first-order valence-corrected chi connectivity index (χ1v) is 3.90. The van der Waals surface area contributed by atoms with Gasteiger partial charge in [-0.25, -0.2) is 0 Å². The topological polar surface area (TPSA) is 12.8 Å². The minimum absolute atomic E-state index is 0.963. The Bertz CT molecular complexity index is 261. The van der Waals surface area contributed by atoms with E-state index in [1.807, 2.05) is 18.2 Å². The molecule has 0 saturated carbocycles. The summed E-state index contributed by atoms with van der Waals surface area (Å²) >= 11 is 0. The van der Waals surface area contributed by atoms with Crippen molar-refractivity contribution in [3.8, 4) is 0 Å². The Morgan fingerprint density at radius 1 is 1.09 bits per heavy atom. The largest absolute Gasteiger partial charge is 0.582 e. The molecule has 0 atom stereocenters. The van der Waals surface area contributed by atoms with Gasteiger partial charge in [-0.3, -0.25) is 0 Å². The fourth-order valence-electron chi connectivity index (χ4n) is 1.27. The molecule has 1 nitrogen and oxygen atoms in total. The summed E-state index contributed by atoms with van der Waals surface area (Å²) in [6.45, 7) is 0.963. The van der Waals surface area contributed by atoms with Crippen LogP contribution in [0.5, 0.6) is 0 Å². The van der Waals surface area contributed by atoms with Gasteiger partial charge in [-0.2, -0.15) is 0 Å². The highest BCUT2D eigenvalue weighted by atomic mass is 16.5. The summed E-state index contributed by atoms with van der Waals surface area (Å²) in [6.07, 6.45) is 3.29. The quantitative estimate of drug-likeness (QED) is 0.538. The van der Waals surface area contributed by atoms with Gasteiger partial charge in [-0.15, -0.1) is 0 Å². The highest BCUT2D eigenvalue weighted by Gasteiger charge is 2.11. The second-order valence-corrected chi connectivity index (χ2v) is 2.63. The predicted molar refractivity (Wildman–Crippen MR) is 46.1 cm³/mol. The molecule has 0 amide bonds. The SMILES string of the molecule is C1=C(c2ccccc2)[OH+]CC1. The summed E-state index contributed by atoms with van der Waals surface area (Å²) in [4.78, 5) is 0. The summed E-state index contributed by atoms with van der Waals surface area (Å²) in [7, 11) is 0. The zero-order valence-corrected chi connectivity index (χ0v) is 6.33. The van der Waals surface area contributed by atoms with Gasteiger partial charge in [0.15, 0.2) is 6.61 Å². The summed E-state index contributed by atoms with van der Waals surface area (Å²) < 4.78 is 4.37. The van der Waals surface area contributed by atoms with E-state index in [2.05, 4.69) is 22.9 Å². The maximum absolute atomic E-state index is 4.37. The van der Waals surface area contributed by atoms with Gasteiger partial charge in [0.1, 0.15) is 0 Å². The molecule has 0 spiro atoms. The molecular weight excluding hydrogens is 136 g/mol. The third-order valence-corrected chi connectivity index (χ3v) is 1.82. The predicted octanol–water partition coefficient (Wildman–Crippen LogP) is 1.96. The van der Waals surface area contributed by atoms with E-state index in [0.29, 0.717) is 0 Å². The number of hydrogen-bond donors (Lipinski definition) is 0. The van der Waals surface area contributed by atoms with Crippen LogP contribution in [0.1, 0.15) is 12.0 Å². The zero-order chi connectivity index (χ0) is 7.52. The fraction of sp³-hybridized carbons (Fsp3) is 0.200. The van der Waals surface area contributed by atoms with E-state index in [4.69, 9.17) is 0 Å². The Hall–Kier alpha value is -1.24. The average molecular weight is 147 g/mol. The molecule has 0 saturated heterocycles. The van der Waals surface area contributed by atoms with Crippen molar-refractivity contribution in [3.05, 3.63) is 42.0 Å². The van der Waals surface area contributed by atoms with Crippen molar-refractivity contribution in [1.82, 2.24) is 0 Å². The van der Waals surface area contributed by atoms with Gasteiger partial charge in [0.2, 0.25) is 0 Å². The van der Waals surface area contributed by atoms with Crippen molar-refractivity contribution in [1.29, 1.82) is 0 Å². The van der Waals surface area contributed by atoms with Crippen LogP contribution in [0.15, 0.2) is 36.4 Å². The minimum atomic E-state index is 0.963. The molecule has 1 aromatic rings. The molecule has 0 aliphatic carbocycles. The highest BCUT2D eigenvalue weighted by Crippen LogP contribution is 2.18. The lowest BCUT2D eigenvalue weighted by Crippen LogP contribution is -1.90. The normalized spacial score (nSPS) is 15.8. The lowest BCUT2D eigenvalue weighted by atomic mass is 10.2. The van der Waals surface area contributed by atoms with Crippen LogP contribution < -0.4 is 0 Å². The molecule has 11 heavy (non-hydrogen) atoms. The summed E-state index contributed by atoms with van der Waals surface area (Å²) in [5.74, 6) is 1.16. The Kier molecular flexibility index (Phi) is 1.64. The zero-order valence-electron chi connectivity index (χ0n) is 6.33. The van der Waals surface area contributed by atoms with Crippen LogP contribution in [-0.2, 0) is 0 Å². The van der Waals surface area contributed by atoms with Gasteiger partial charge in [-0.05, 0) is 12.1 Å². The highest BCUT2D eigenvalue weighted by molar-refractivity contribution is 5.59. The maximum Gasteiger partial charge on any atom is 0.258 e. The van der Waals surface area contributed by atoms with E-state index < -0.39 is 0 Å². The monoisotopic (exact) mass is 147 g/mol. The van der Waals surface area contributed by atoms with E-state index in [1.54, 1.807) is 0 Å². The molecule has 0 bridgehead atoms. The number of hydrogen-bond acceptors (Lipinski definition) is 0. The molecular formula is C10H11O+. The van der Waals surface area contributed by atoms with Crippen molar-refractivity contribution in [2.24, 2.45) is 0 Å². The first-order chi connectivity index (χ1) is 5.47. The molecule has 1 N–H and O–H groups in total.